The molecule has 0 bridgehead atoms. The maximum Gasteiger partial charge on any atom is 0.343 e. The number of nitrogens with one attached hydrogen (secondary N) is 2. The topological polar surface area (TPSA) is 125 Å². The van der Waals surface area contributed by atoms with E-state index in [2.05, 4.69) is 31.8 Å². The highest BCUT2D eigenvalue weighted by Gasteiger charge is 2.19. The van der Waals surface area contributed by atoms with Crippen molar-refractivity contribution in [3.05, 3.63) is 75.8 Å². The van der Waals surface area contributed by atoms with Gasteiger partial charge in [-0.05, 0) is 54.6 Å². The van der Waals surface area contributed by atoms with Crippen LogP contribution >= 0.6 is 15.9 Å². The van der Waals surface area contributed by atoms with Gasteiger partial charge in [0.05, 0.1) is 33.1 Å². The fourth-order valence-electron chi connectivity index (χ4n) is 3.20. The number of carbonyl (C=O) groups excluding carboxylic acids is 3. The molecule has 0 atom stereocenters. The summed E-state index contributed by atoms with van der Waals surface area (Å²) in [4.78, 5) is 36.5. The van der Waals surface area contributed by atoms with E-state index < -0.39 is 11.9 Å². The molecule has 0 fully saturated rings. The number of hydrogen-bond donors (Lipinski definition) is 2. The second-order valence-electron chi connectivity index (χ2n) is 7.44. The van der Waals surface area contributed by atoms with Crippen molar-refractivity contribution in [1.29, 1.82) is 0 Å². The van der Waals surface area contributed by atoms with Crippen molar-refractivity contribution in [2.24, 2.45) is 5.10 Å². The number of nitrogens with zero attached hydrogens (tertiary/aromatic N) is 1. The molecule has 3 rings (SSSR count). The zero-order valence-corrected chi connectivity index (χ0v) is 22.0. The van der Waals surface area contributed by atoms with Gasteiger partial charge in [0.25, 0.3) is 5.91 Å². The quantitative estimate of drug-likeness (QED) is 0.169. The summed E-state index contributed by atoms with van der Waals surface area (Å²) in [6, 6.07) is 14.2. The number of methoxy groups -OCH3 is 3. The monoisotopic (exact) mass is 569 g/mol. The van der Waals surface area contributed by atoms with Gasteiger partial charge in [-0.1, -0.05) is 15.9 Å². The van der Waals surface area contributed by atoms with Crippen LogP contribution in [0.15, 0.2) is 64.2 Å². The third-order valence-corrected chi connectivity index (χ3v) is 5.41. The summed E-state index contributed by atoms with van der Waals surface area (Å²) in [5.41, 5.74) is 3.94. The fourth-order valence-corrected chi connectivity index (χ4v) is 3.58. The minimum absolute atomic E-state index is 0.177. The predicted octanol–water partition coefficient (Wildman–Crippen LogP) is 4.42. The standard InChI is InChI=1S/C26H24BrN3O7/c1-15(31)29-20-8-5-16(6-9-20)25(32)30-28-14-18-11-19(27)7-10-21(18)37-26(33)17-12-22(34-2)24(36-4)23(13-17)35-3/h5-14H,1-4H3,(H,29,31)(H,30,32)/b28-14-. The Kier molecular flexibility index (Phi) is 9.22. The first-order valence-corrected chi connectivity index (χ1v) is 11.6. The Hall–Kier alpha value is -4.38. The van der Waals surface area contributed by atoms with E-state index in [1.807, 2.05) is 0 Å². The number of ether oxygens (including phenoxy) is 4. The van der Waals surface area contributed by atoms with Gasteiger partial charge in [-0.3, -0.25) is 9.59 Å². The Morgan fingerprint density at radius 3 is 2.05 bits per heavy atom. The van der Waals surface area contributed by atoms with Crippen molar-refractivity contribution in [3.8, 4) is 23.0 Å². The van der Waals surface area contributed by atoms with E-state index >= 15 is 0 Å². The molecule has 0 aromatic heterocycles. The first kappa shape index (κ1) is 27.2. The van der Waals surface area contributed by atoms with Crippen LogP contribution in [0.3, 0.4) is 0 Å². The molecule has 0 saturated heterocycles. The van der Waals surface area contributed by atoms with Crippen LogP contribution in [0.4, 0.5) is 5.69 Å². The summed E-state index contributed by atoms with van der Waals surface area (Å²) in [6.07, 6.45) is 1.35. The number of benzene rings is 3. The van der Waals surface area contributed by atoms with E-state index in [0.29, 0.717) is 38.5 Å². The van der Waals surface area contributed by atoms with Gasteiger partial charge < -0.3 is 24.3 Å². The molecule has 2 amide bonds. The van der Waals surface area contributed by atoms with Crippen molar-refractivity contribution in [1.82, 2.24) is 5.43 Å². The van der Waals surface area contributed by atoms with Crippen LogP contribution in [0.1, 0.15) is 33.2 Å². The Labute approximate surface area is 221 Å². The van der Waals surface area contributed by atoms with Gasteiger partial charge in [0.15, 0.2) is 11.5 Å². The minimum atomic E-state index is -0.667. The number of hydrazone groups is 1. The van der Waals surface area contributed by atoms with Gasteiger partial charge in [-0.25, -0.2) is 10.2 Å². The SMILES string of the molecule is COc1cc(C(=O)Oc2ccc(Br)cc2/C=N\NC(=O)c2ccc(NC(C)=O)cc2)cc(OC)c1OC. The maximum atomic E-state index is 12.9. The van der Waals surface area contributed by atoms with Gasteiger partial charge in [-0.15, -0.1) is 0 Å². The summed E-state index contributed by atoms with van der Waals surface area (Å²) in [6.45, 7) is 1.40. The number of rotatable bonds is 9. The zero-order valence-electron chi connectivity index (χ0n) is 20.5. The summed E-state index contributed by atoms with van der Waals surface area (Å²) < 4.78 is 22.2. The zero-order chi connectivity index (χ0) is 26.9. The summed E-state index contributed by atoms with van der Waals surface area (Å²) in [5.74, 6) is -0.176. The smallest absolute Gasteiger partial charge is 0.343 e. The maximum absolute atomic E-state index is 12.9. The average molecular weight is 570 g/mol. The summed E-state index contributed by atoms with van der Waals surface area (Å²) in [5, 5.41) is 6.61. The Morgan fingerprint density at radius 1 is 0.838 bits per heavy atom. The van der Waals surface area contributed by atoms with E-state index in [1.54, 1.807) is 42.5 Å². The molecule has 37 heavy (non-hydrogen) atoms. The Bertz CT molecular complexity index is 1320. The molecule has 2 N–H and O–H groups in total. The van der Waals surface area contributed by atoms with Crippen molar-refractivity contribution in [2.75, 3.05) is 26.6 Å². The number of esters is 1. The lowest BCUT2D eigenvalue weighted by atomic mass is 10.1. The molecule has 0 spiro atoms. The number of amides is 2. The second-order valence-corrected chi connectivity index (χ2v) is 8.36. The van der Waals surface area contributed by atoms with Crippen LogP contribution < -0.4 is 29.7 Å². The summed E-state index contributed by atoms with van der Waals surface area (Å²) >= 11 is 3.38. The van der Waals surface area contributed by atoms with Gasteiger partial charge in [-0.2, -0.15) is 5.10 Å². The summed E-state index contributed by atoms with van der Waals surface area (Å²) in [7, 11) is 4.36. The molecule has 10 nitrogen and oxygen atoms in total. The minimum Gasteiger partial charge on any atom is -0.493 e. The van der Waals surface area contributed by atoms with Gasteiger partial charge in [0, 0.05) is 28.2 Å². The highest BCUT2D eigenvalue weighted by molar-refractivity contribution is 9.10. The number of hydrogen-bond acceptors (Lipinski definition) is 8. The lowest BCUT2D eigenvalue weighted by molar-refractivity contribution is -0.114. The van der Waals surface area contributed by atoms with Crippen molar-refractivity contribution < 1.29 is 33.3 Å². The van der Waals surface area contributed by atoms with Crippen molar-refractivity contribution in [2.45, 2.75) is 6.92 Å². The van der Waals surface area contributed by atoms with Crippen LogP contribution in [0.5, 0.6) is 23.0 Å². The Morgan fingerprint density at radius 2 is 1.49 bits per heavy atom. The first-order chi connectivity index (χ1) is 17.7. The van der Waals surface area contributed by atoms with Crippen LogP contribution in [0.2, 0.25) is 0 Å². The molecule has 0 heterocycles. The van der Waals surface area contributed by atoms with E-state index in [1.165, 1.54) is 46.6 Å². The van der Waals surface area contributed by atoms with Crippen LogP contribution in [-0.4, -0.2) is 45.3 Å². The van der Waals surface area contributed by atoms with Gasteiger partial charge in [0.1, 0.15) is 5.75 Å². The molecular formula is C26H24BrN3O7. The van der Waals surface area contributed by atoms with Crippen molar-refractivity contribution >= 4 is 45.6 Å². The van der Waals surface area contributed by atoms with Crippen molar-refractivity contribution in [3.63, 3.8) is 0 Å². The average Bonchev–Trinajstić information content (AvgIpc) is 2.89. The molecule has 0 aliphatic heterocycles. The molecule has 3 aromatic rings. The molecule has 0 unspecified atom stereocenters. The highest BCUT2D eigenvalue weighted by Crippen LogP contribution is 2.38. The van der Waals surface area contributed by atoms with E-state index in [9.17, 15) is 14.4 Å². The predicted molar refractivity (Wildman–Crippen MR) is 141 cm³/mol. The van der Waals surface area contributed by atoms with E-state index in [0.717, 1.165) is 0 Å². The third-order valence-electron chi connectivity index (χ3n) is 4.91. The highest BCUT2D eigenvalue weighted by atomic mass is 79.9. The van der Waals surface area contributed by atoms with Crippen LogP contribution in [0, 0.1) is 0 Å². The van der Waals surface area contributed by atoms with E-state index in [-0.39, 0.29) is 17.2 Å². The number of anilines is 1. The lowest BCUT2D eigenvalue weighted by Gasteiger charge is -2.14. The molecular weight excluding hydrogens is 546 g/mol. The normalized spacial score (nSPS) is 10.5. The Balaban J connectivity index is 1.76. The second kappa shape index (κ2) is 12.5. The fraction of sp³-hybridized carbons (Fsp3) is 0.154. The van der Waals surface area contributed by atoms with E-state index in [4.69, 9.17) is 18.9 Å². The molecule has 3 aromatic carbocycles. The number of carbonyl (C=O) groups is 3. The van der Waals surface area contributed by atoms with Crippen LogP contribution in [0.25, 0.3) is 0 Å². The molecule has 0 aliphatic carbocycles. The lowest BCUT2D eigenvalue weighted by Crippen LogP contribution is -2.18. The molecule has 0 saturated carbocycles. The molecule has 192 valence electrons. The molecule has 0 radical (unpaired) electrons. The molecule has 0 aliphatic rings. The van der Waals surface area contributed by atoms with Gasteiger partial charge >= 0.3 is 5.97 Å². The largest absolute Gasteiger partial charge is 0.493 e. The third kappa shape index (κ3) is 7.07. The number of halogens is 1. The molecule has 11 heteroatoms. The van der Waals surface area contributed by atoms with Gasteiger partial charge in [0.2, 0.25) is 11.7 Å². The van der Waals surface area contributed by atoms with Crippen LogP contribution in [-0.2, 0) is 4.79 Å². The first-order valence-electron chi connectivity index (χ1n) is 10.8.